The van der Waals surface area contributed by atoms with E-state index in [1.54, 1.807) is 24.4 Å². The van der Waals surface area contributed by atoms with E-state index in [2.05, 4.69) is 25.8 Å². The minimum atomic E-state index is 0.688. The number of hydrogen-bond donors (Lipinski definition) is 1. The third-order valence-corrected chi connectivity index (χ3v) is 7.11. The zero-order chi connectivity index (χ0) is 25.8. The molecule has 4 aromatic rings. The summed E-state index contributed by atoms with van der Waals surface area (Å²) in [6.07, 6.45) is 4.27. The average Bonchev–Trinajstić information content (AvgIpc) is 3.26. The first-order valence-electron chi connectivity index (χ1n) is 12.3. The lowest BCUT2D eigenvalue weighted by Gasteiger charge is -2.37. The van der Waals surface area contributed by atoms with E-state index in [-0.39, 0.29) is 0 Å². The van der Waals surface area contributed by atoms with E-state index in [1.165, 1.54) is 0 Å². The number of methoxy groups -OCH3 is 1. The number of amides is 1. The Morgan fingerprint density at radius 2 is 1.73 bits per heavy atom. The Morgan fingerprint density at radius 1 is 1.03 bits per heavy atom. The second-order valence-corrected chi connectivity index (χ2v) is 9.51. The number of para-hydroxylation sites is 2. The molecule has 0 unspecified atom stereocenters. The number of aryl methyl sites for hydroxylation is 1. The molecule has 0 bridgehead atoms. The largest absolute Gasteiger partial charge is 0.495 e. The predicted octanol–water partition coefficient (Wildman–Crippen LogP) is 5.66. The summed E-state index contributed by atoms with van der Waals surface area (Å²) >= 11 is 6.18. The minimum Gasteiger partial charge on any atom is -0.495 e. The Morgan fingerprint density at radius 3 is 2.41 bits per heavy atom. The van der Waals surface area contributed by atoms with Crippen molar-refractivity contribution >= 4 is 35.1 Å². The number of anilines is 3. The van der Waals surface area contributed by atoms with Gasteiger partial charge in [0.1, 0.15) is 5.75 Å². The van der Waals surface area contributed by atoms with Crippen LogP contribution in [0.15, 0.2) is 73.1 Å². The lowest BCUT2D eigenvalue weighted by Crippen LogP contribution is -2.46. The van der Waals surface area contributed by atoms with Gasteiger partial charge < -0.3 is 14.6 Å². The highest BCUT2D eigenvalue weighted by Gasteiger charge is 2.26. The maximum atomic E-state index is 12.4. The van der Waals surface area contributed by atoms with Crippen LogP contribution < -0.4 is 14.5 Å². The summed E-state index contributed by atoms with van der Waals surface area (Å²) in [5, 5.41) is 0.688. The normalized spacial score (nSPS) is 14.0. The lowest BCUT2D eigenvalue weighted by molar-refractivity contribution is -0.106. The van der Waals surface area contributed by atoms with E-state index in [0.717, 1.165) is 77.9 Å². The molecule has 8 heteroatoms. The maximum absolute atomic E-state index is 12.4. The van der Waals surface area contributed by atoms with Gasteiger partial charge in [0.2, 0.25) is 6.41 Å². The number of carbonyl (C=O) groups is 1. The quantitative estimate of drug-likeness (QED) is 0.307. The second kappa shape index (κ2) is 11.1. The zero-order valence-corrected chi connectivity index (χ0v) is 21.8. The molecule has 1 fully saturated rings. The highest BCUT2D eigenvalue weighted by Crippen LogP contribution is 2.39. The summed E-state index contributed by atoms with van der Waals surface area (Å²) in [5.74, 6) is 0.892. The molecule has 3 heterocycles. The molecule has 37 heavy (non-hydrogen) atoms. The summed E-state index contributed by atoms with van der Waals surface area (Å²) in [4.78, 5) is 26.6. The van der Waals surface area contributed by atoms with Crippen LogP contribution in [0, 0.1) is 6.92 Å². The number of aromatic amines is 1. The summed E-state index contributed by atoms with van der Waals surface area (Å²) < 4.78 is 5.58. The van der Waals surface area contributed by atoms with Crippen molar-refractivity contribution in [3.63, 3.8) is 0 Å². The van der Waals surface area contributed by atoms with Gasteiger partial charge in [0.15, 0.2) is 0 Å². The van der Waals surface area contributed by atoms with E-state index >= 15 is 0 Å². The Bertz CT molecular complexity index is 1350. The lowest BCUT2D eigenvalue weighted by atomic mass is 10.0. The van der Waals surface area contributed by atoms with E-state index < -0.39 is 0 Å². The first-order valence-corrected chi connectivity index (χ1v) is 12.7. The second-order valence-electron chi connectivity index (χ2n) is 9.07. The Balaban J connectivity index is 1.47. The highest BCUT2D eigenvalue weighted by molar-refractivity contribution is 6.30. The number of halogens is 1. The number of rotatable bonds is 8. The number of piperazine rings is 1. The van der Waals surface area contributed by atoms with Crippen molar-refractivity contribution in [2.75, 3.05) is 43.1 Å². The third-order valence-electron chi connectivity index (χ3n) is 6.86. The monoisotopic (exact) mass is 515 g/mol. The van der Waals surface area contributed by atoms with Gasteiger partial charge in [-0.25, -0.2) is 0 Å². The van der Waals surface area contributed by atoms with E-state index in [1.807, 2.05) is 61.5 Å². The molecule has 0 atom stereocenters. The molecule has 1 N–H and O–H groups in total. The number of ether oxygens (including phenoxy) is 1. The summed E-state index contributed by atoms with van der Waals surface area (Å²) in [6.45, 7) is 6.26. The molecular weight excluding hydrogens is 486 g/mol. The molecule has 0 saturated carbocycles. The predicted molar refractivity (Wildman–Crippen MR) is 149 cm³/mol. The van der Waals surface area contributed by atoms with Gasteiger partial charge in [-0.1, -0.05) is 35.9 Å². The molecule has 0 radical (unpaired) electrons. The number of carbonyl (C=O) groups excluding carboxylic acids is 1. The number of nitrogens with one attached hydrogen (secondary N) is 1. The fourth-order valence-corrected chi connectivity index (χ4v) is 5.14. The van der Waals surface area contributed by atoms with Crippen molar-refractivity contribution in [1.82, 2.24) is 14.9 Å². The van der Waals surface area contributed by atoms with Crippen molar-refractivity contribution in [3.8, 4) is 17.0 Å². The molecule has 5 rings (SSSR count). The van der Waals surface area contributed by atoms with Gasteiger partial charge in [0.05, 0.1) is 29.9 Å². The van der Waals surface area contributed by atoms with Crippen molar-refractivity contribution in [2.24, 2.45) is 0 Å². The average molecular weight is 516 g/mol. The van der Waals surface area contributed by atoms with Gasteiger partial charge in [-0.05, 0) is 48.9 Å². The SMILES string of the molecule is COc1ccccc1N1CCN(Cc2c(-c3ccc(Cl)cc3)[nH]c(C)c2N(C=O)c2ccncc2)CC1. The van der Waals surface area contributed by atoms with E-state index in [9.17, 15) is 4.79 Å². The third kappa shape index (κ3) is 5.19. The Kier molecular flexibility index (Phi) is 7.44. The molecular formula is C29H30ClN5O2. The molecule has 2 aromatic carbocycles. The highest BCUT2D eigenvalue weighted by atomic mass is 35.5. The number of pyridine rings is 1. The van der Waals surface area contributed by atoms with Gasteiger partial charge in [-0.15, -0.1) is 0 Å². The summed E-state index contributed by atoms with van der Waals surface area (Å²) in [7, 11) is 1.71. The first-order chi connectivity index (χ1) is 18.1. The Labute approximate surface area is 222 Å². The number of hydrogen-bond acceptors (Lipinski definition) is 5. The molecule has 7 nitrogen and oxygen atoms in total. The number of benzene rings is 2. The molecule has 1 aliphatic heterocycles. The van der Waals surface area contributed by atoms with Gasteiger partial charge >= 0.3 is 0 Å². The van der Waals surface area contributed by atoms with Gasteiger partial charge in [-0.3, -0.25) is 19.6 Å². The van der Waals surface area contributed by atoms with Crippen LogP contribution in [0.2, 0.25) is 5.02 Å². The van der Waals surface area contributed by atoms with Crippen LogP contribution in [-0.4, -0.2) is 54.6 Å². The first kappa shape index (κ1) is 24.9. The van der Waals surface area contributed by atoms with Crippen molar-refractivity contribution in [1.29, 1.82) is 0 Å². The van der Waals surface area contributed by atoms with Crippen LogP contribution >= 0.6 is 11.6 Å². The molecule has 1 aliphatic rings. The van der Waals surface area contributed by atoms with E-state index in [0.29, 0.717) is 11.6 Å². The minimum absolute atomic E-state index is 0.688. The smallest absolute Gasteiger partial charge is 0.218 e. The standard InChI is InChI=1S/C29H30ClN5O2/c1-21-29(35(20-36)24-11-13-31-14-12-24)25(28(32-21)22-7-9-23(30)10-8-22)19-33-15-17-34(18-16-33)26-5-3-4-6-27(26)37-2/h3-14,20,32H,15-19H2,1-2H3. The maximum Gasteiger partial charge on any atom is 0.218 e. The van der Waals surface area contributed by atoms with Gasteiger partial charge in [0, 0.05) is 61.4 Å². The molecule has 1 amide bonds. The van der Waals surface area contributed by atoms with Crippen LogP contribution in [-0.2, 0) is 11.3 Å². The van der Waals surface area contributed by atoms with Gasteiger partial charge in [-0.2, -0.15) is 0 Å². The fraction of sp³-hybridized carbons (Fsp3) is 0.241. The van der Waals surface area contributed by atoms with Crippen LogP contribution in [0.5, 0.6) is 5.75 Å². The van der Waals surface area contributed by atoms with Crippen LogP contribution in [0.3, 0.4) is 0 Å². The fourth-order valence-electron chi connectivity index (χ4n) is 5.02. The summed E-state index contributed by atoms with van der Waals surface area (Å²) in [5.41, 5.74) is 6.80. The number of nitrogens with zero attached hydrogens (tertiary/aromatic N) is 4. The molecule has 190 valence electrons. The van der Waals surface area contributed by atoms with Gasteiger partial charge in [0.25, 0.3) is 0 Å². The topological polar surface area (TPSA) is 64.7 Å². The van der Waals surface area contributed by atoms with E-state index in [4.69, 9.17) is 16.3 Å². The number of aromatic nitrogens is 2. The van der Waals surface area contributed by atoms with Crippen molar-refractivity contribution in [2.45, 2.75) is 13.5 Å². The van der Waals surface area contributed by atoms with Crippen LogP contribution in [0.4, 0.5) is 17.1 Å². The van der Waals surface area contributed by atoms with Crippen LogP contribution in [0.1, 0.15) is 11.3 Å². The van der Waals surface area contributed by atoms with Crippen molar-refractivity contribution in [3.05, 3.63) is 89.3 Å². The Hall–Kier alpha value is -3.81. The molecule has 1 saturated heterocycles. The molecule has 2 aromatic heterocycles. The zero-order valence-electron chi connectivity index (χ0n) is 21.0. The van der Waals surface area contributed by atoms with Crippen LogP contribution in [0.25, 0.3) is 11.3 Å². The summed E-state index contributed by atoms with van der Waals surface area (Å²) in [6, 6.07) is 19.7. The number of H-pyrrole nitrogens is 1. The van der Waals surface area contributed by atoms with Crippen molar-refractivity contribution < 1.29 is 9.53 Å². The molecule has 0 aliphatic carbocycles. The molecule has 0 spiro atoms.